The van der Waals surface area contributed by atoms with Gasteiger partial charge in [0.05, 0.1) is 19.8 Å². The van der Waals surface area contributed by atoms with Gasteiger partial charge in [0.1, 0.15) is 11.5 Å². The maximum absolute atomic E-state index is 12.7. The van der Waals surface area contributed by atoms with Crippen LogP contribution in [0.2, 0.25) is 0 Å². The van der Waals surface area contributed by atoms with Gasteiger partial charge >= 0.3 is 0 Å². The Kier molecular flexibility index (Phi) is 5.24. The Morgan fingerprint density at radius 3 is 2.42 bits per heavy atom. The fraction of sp³-hybridized carbons (Fsp3) is 0.263. The molecule has 0 radical (unpaired) electrons. The number of hydrogen-bond donors (Lipinski definition) is 1. The molecule has 126 valence electrons. The molecule has 0 amide bonds. The van der Waals surface area contributed by atoms with Crippen molar-refractivity contribution in [3.8, 4) is 11.5 Å². The van der Waals surface area contributed by atoms with Gasteiger partial charge in [-0.05, 0) is 62.2 Å². The Balaban J connectivity index is 2.49. The fourth-order valence-corrected chi connectivity index (χ4v) is 2.58. The highest BCUT2D eigenvalue weighted by Crippen LogP contribution is 2.26. The summed E-state index contributed by atoms with van der Waals surface area (Å²) in [4.78, 5) is 27.5. The molecule has 0 fully saturated rings. The predicted molar refractivity (Wildman–Crippen MR) is 94.1 cm³/mol. The minimum Gasteiger partial charge on any atom is -0.497 e. The molecule has 0 aliphatic rings. The number of Topliss-reactive ketones (excluding diaryl/α,β-unsaturated/α-hetero) is 1. The molecule has 1 aromatic carbocycles. The number of hydrogen-bond acceptors (Lipinski definition) is 4. The van der Waals surface area contributed by atoms with Gasteiger partial charge in [-0.3, -0.25) is 9.59 Å². The fourth-order valence-electron chi connectivity index (χ4n) is 2.58. The third-order valence-corrected chi connectivity index (χ3v) is 3.76. The summed E-state index contributed by atoms with van der Waals surface area (Å²) in [5.74, 6) is 0.975. The van der Waals surface area contributed by atoms with Gasteiger partial charge in [-0.2, -0.15) is 0 Å². The maximum Gasteiger partial charge on any atom is 0.259 e. The van der Waals surface area contributed by atoms with E-state index in [-0.39, 0.29) is 16.9 Å². The van der Waals surface area contributed by atoms with E-state index in [1.54, 1.807) is 65.3 Å². The molecule has 1 heterocycles. The number of nitrogens with one attached hydrogen (secondary N) is 1. The molecule has 2 aromatic rings. The molecule has 0 bridgehead atoms. The number of H-pyrrole nitrogens is 1. The molecule has 5 heteroatoms. The van der Waals surface area contributed by atoms with Gasteiger partial charge in [0.2, 0.25) is 0 Å². The van der Waals surface area contributed by atoms with Crippen molar-refractivity contribution in [3.05, 3.63) is 62.6 Å². The molecule has 2 rings (SSSR count). The Labute approximate surface area is 140 Å². The molecular formula is C19H21NO4. The Morgan fingerprint density at radius 1 is 1.12 bits per heavy atom. The lowest BCUT2D eigenvalue weighted by Gasteiger charge is -2.09. The zero-order valence-corrected chi connectivity index (χ0v) is 14.5. The van der Waals surface area contributed by atoms with Crippen LogP contribution in [0.3, 0.4) is 0 Å². The molecule has 0 aliphatic carbocycles. The van der Waals surface area contributed by atoms with Gasteiger partial charge in [0.25, 0.3) is 5.56 Å². The Hall–Kier alpha value is -2.82. The van der Waals surface area contributed by atoms with Crippen LogP contribution in [-0.4, -0.2) is 25.0 Å². The number of aromatic amines is 1. The van der Waals surface area contributed by atoms with E-state index < -0.39 is 0 Å². The lowest BCUT2D eigenvalue weighted by Crippen LogP contribution is -2.21. The van der Waals surface area contributed by atoms with E-state index in [9.17, 15) is 9.59 Å². The van der Waals surface area contributed by atoms with E-state index in [1.165, 1.54) is 0 Å². The predicted octanol–water partition coefficient (Wildman–Crippen LogP) is 3.30. The van der Waals surface area contributed by atoms with Gasteiger partial charge in [-0.1, -0.05) is 0 Å². The van der Waals surface area contributed by atoms with Crippen molar-refractivity contribution >= 4 is 11.9 Å². The lowest BCUT2D eigenvalue weighted by atomic mass is 9.99. The van der Waals surface area contributed by atoms with Gasteiger partial charge < -0.3 is 14.5 Å². The number of ether oxygens (including phenoxy) is 2. The first-order chi connectivity index (χ1) is 11.4. The highest BCUT2D eigenvalue weighted by atomic mass is 16.5. The van der Waals surface area contributed by atoms with Crippen LogP contribution in [-0.2, 0) is 0 Å². The minimum atomic E-state index is -0.372. The molecule has 0 aliphatic heterocycles. The van der Waals surface area contributed by atoms with Crippen molar-refractivity contribution in [1.29, 1.82) is 0 Å². The maximum atomic E-state index is 12.7. The van der Waals surface area contributed by atoms with Gasteiger partial charge in [-0.15, -0.1) is 0 Å². The minimum absolute atomic E-state index is 0.163. The van der Waals surface area contributed by atoms with Crippen molar-refractivity contribution in [2.75, 3.05) is 14.2 Å². The van der Waals surface area contributed by atoms with Crippen LogP contribution >= 0.6 is 0 Å². The van der Waals surface area contributed by atoms with Crippen molar-refractivity contribution in [3.63, 3.8) is 0 Å². The number of aryl methyl sites for hydroxylation is 2. The molecule has 0 atom stereocenters. The van der Waals surface area contributed by atoms with Crippen molar-refractivity contribution in [2.45, 2.75) is 20.8 Å². The number of rotatable bonds is 5. The summed E-state index contributed by atoms with van der Waals surface area (Å²) < 4.78 is 10.5. The third-order valence-electron chi connectivity index (χ3n) is 3.76. The van der Waals surface area contributed by atoms with Crippen LogP contribution in [0, 0.1) is 13.8 Å². The molecule has 1 N–H and O–H groups in total. The highest BCUT2D eigenvalue weighted by Gasteiger charge is 2.16. The number of carbonyl (C=O) groups is 1. The first kappa shape index (κ1) is 17.5. The van der Waals surface area contributed by atoms with Gasteiger partial charge in [0, 0.05) is 11.3 Å². The molecule has 5 nitrogen and oxygen atoms in total. The number of carbonyl (C=O) groups excluding carboxylic acids is 1. The second kappa shape index (κ2) is 7.17. The topological polar surface area (TPSA) is 68.4 Å². The normalized spacial score (nSPS) is 11.3. The number of aromatic nitrogens is 1. The summed E-state index contributed by atoms with van der Waals surface area (Å²) >= 11 is 0. The van der Waals surface area contributed by atoms with E-state index >= 15 is 0 Å². The number of methoxy groups -OCH3 is 2. The first-order valence-corrected chi connectivity index (χ1v) is 7.53. The SMILES string of the molecule is COc1ccc(OC)c(C=C(C)C(=O)c2c(C)cc(C)[nH]c2=O)c1. The van der Waals surface area contributed by atoms with E-state index in [1.807, 2.05) is 0 Å². The second-order valence-corrected chi connectivity index (χ2v) is 5.60. The lowest BCUT2D eigenvalue weighted by molar-refractivity contribution is 0.103. The average molecular weight is 327 g/mol. The molecule has 1 aromatic heterocycles. The molecule has 24 heavy (non-hydrogen) atoms. The van der Waals surface area contributed by atoms with Crippen LogP contribution < -0.4 is 15.0 Å². The zero-order valence-electron chi connectivity index (χ0n) is 14.5. The standard InChI is InChI=1S/C19H21NO4/c1-11-8-13(3)20-19(22)17(11)18(21)12(2)9-14-10-15(23-4)6-7-16(14)24-5/h6-10H,1-5H3,(H,20,22). The van der Waals surface area contributed by atoms with Gasteiger partial charge in [-0.25, -0.2) is 0 Å². The molecule has 0 saturated heterocycles. The average Bonchev–Trinajstić information content (AvgIpc) is 2.53. The zero-order chi connectivity index (χ0) is 17.9. The smallest absolute Gasteiger partial charge is 0.259 e. The van der Waals surface area contributed by atoms with Crippen molar-refractivity contribution in [2.24, 2.45) is 0 Å². The largest absolute Gasteiger partial charge is 0.497 e. The second-order valence-electron chi connectivity index (χ2n) is 5.60. The molecule has 0 spiro atoms. The van der Waals surface area contributed by atoms with Crippen LogP contribution in [0.15, 0.2) is 34.6 Å². The monoisotopic (exact) mass is 327 g/mol. The summed E-state index contributed by atoms with van der Waals surface area (Å²) in [6, 6.07) is 7.12. The first-order valence-electron chi connectivity index (χ1n) is 7.53. The number of pyridine rings is 1. The Bertz CT molecular complexity index is 862. The quantitative estimate of drug-likeness (QED) is 0.676. The summed E-state index contributed by atoms with van der Waals surface area (Å²) in [6.45, 7) is 5.22. The molecule has 0 unspecified atom stereocenters. The van der Waals surface area contributed by atoms with E-state index in [4.69, 9.17) is 9.47 Å². The van der Waals surface area contributed by atoms with Crippen LogP contribution in [0.25, 0.3) is 6.08 Å². The van der Waals surface area contributed by atoms with Crippen LogP contribution in [0.5, 0.6) is 11.5 Å². The van der Waals surface area contributed by atoms with Crippen LogP contribution in [0.1, 0.15) is 34.1 Å². The highest BCUT2D eigenvalue weighted by molar-refractivity contribution is 6.11. The summed E-state index contributed by atoms with van der Waals surface area (Å²) in [7, 11) is 3.13. The van der Waals surface area contributed by atoms with Gasteiger partial charge in [0.15, 0.2) is 5.78 Å². The van der Waals surface area contributed by atoms with Crippen LogP contribution in [0.4, 0.5) is 0 Å². The number of allylic oxidation sites excluding steroid dienone is 1. The summed E-state index contributed by atoms with van der Waals surface area (Å²) in [6.07, 6.45) is 1.70. The molecule has 0 saturated carbocycles. The third kappa shape index (κ3) is 3.56. The number of ketones is 1. The van der Waals surface area contributed by atoms with Crippen molar-refractivity contribution in [1.82, 2.24) is 4.98 Å². The number of benzene rings is 1. The van der Waals surface area contributed by atoms with E-state index in [0.717, 1.165) is 5.69 Å². The van der Waals surface area contributed by atoms with E-state index in [0.29, 0.717) is 28.2 Å². The summed E-state index contributed by atoms with van der Waals surface area (Å²) in [5.41, 5.74) is 2.33. The molecular weight excluding hydrogens is 306 g/mol. The van der Waals surface area contributed by atoms with E-state index in [2.05, 4.69) is 4.98 Å². The Morgan fingerprint density at radius 2 is 1.83 bits per heavy atom. The van der Waals surface area contributed by atoms with Crippen molar-refractivity contribution < 1.29 is 14.3 Å². The summed E-state index contributed by atoms with van der Waals surface area (Å²) in [5, 5.41) is 0.